The van der Waals surface area contributed by atoms with Crippen molar-refractivity contribution in [3.8, 4) is 0 Å². The summed E-state index contributed by atoms with van der Waals surface area (Å²) in [5.41, 5.74) is 0. The van der Waals surface area contributed by atoms with Gasteiger partial charge in [0.05, 0.1) is 73.2 Å². The predicted octanol–water partition coefficient (Wildman–Crippen LogP) is 4.60. The number of rotatable bonds is 18. The van der Waals surface area contributed by atoms with E-state index >= 15 is 0 Å². The van der Waals surface area contributed by atoms with Crippen molar-refractivity contribution < 1.29 is 52.4 Å². The van der Waals surface area contributed by atoms with Crippen molar-refractivity contribution in [2.75, 3.05) is 152 Å². The van der Waals surface area contributed by atoms with Gasteiger partial charge in [0.15, 0.2) is 0 Å². The summed E-state index contributed by atoms with van der Waals surface area (Å²) in [5.74, 6) is 0. The lowest BCUT2D eigenvalue weighted by molar-refractivity contribution is -0.898. The second-order valence-corrected chi connectivity index (χ2v) is 19.3. The smallest absolute Gasteiger partial charge is 0.102 e. The Hall–Kier alpha value is 3.60. The molecule has 0 spiro atoms. The molecule has 0 bridgehead atoms. The predicted molar refractivity (Wildman–Crippen MR) is 246 cm³/mol. The zero-order valence-corrected chi connectivity index (χ0v) is 46.4. The summed E-state index contributed by atoms with van der Waals surface area (Å²) in [6.45, 7) is 16.8. The highest BCUT2D eigenvalue weighted by atomic mass is 79.9. The Morgan fingerprint density at radius 1 is 0.404 bits per heavy atom. The molecule has 0 aliphatic carbocycles. The van der Waals surface area contributed by atoms with Crippen molar-refractivity contribution in [3.63, 3.8) is 0 Å². The van der Waals surface area contributed by atoms with Gasteiger partial charge in [0.1, 0.15) is 6.54 Å². The molecule has 0 radical (unpaired) electrons. The van der Waals surface area contributed by atoms with E-state index in [-0.39, 0.29) is 34.0 Å². The molecule has 4 rings (SSSR count). The van der Waals surface area contributed by atoms with E-state index in [2.05, 4.69) is 134 Å². The number of likely N-dealkylation sites (tertiary alicyclic amines) is 4. The second kappa shape index (κ2) is 47.3. The number of quaternary nitrogens is 2. The molecule has 4 heterocycles. The minimum Gasteiger partial charge on any atom is -1.00 e. The lowest BCUT2D eigenvalue weighted by atomic mass is 10.2. The van der Waals surface area contributed by atoms with E-state index in [4.69, 9.17) is 9.47 Å². The maximum Gasteiger partial charge on any atom is 0.102 e. The molecule has 0 aromatic rings. The monoisotopic (exact) mass is 1260 g/mol. The van der Waals surface area contributed by atoms with Crippen molar-refractivity contribution >= 4 is 95.6 Å². The summed E-state index contributed by atoms with van der Waals surface area (Å²) in [4.78, 5) is 4.72. The third-order valence-corrected chi connectivity index (χ3v) is 12.1. The van der Waals surface area contributed by atoms with Crippen LogP contribution in [-0.4, -0.2) is 171 Å². The zero-order valence-electron chi connectivity index (χ0n) is 33.7. The molecule has 14 heteroatoms. The quantitative estimate of drug-likeness (QED) is 0.114. The van der Waals surface area contributed by atoms with E-state index in [0.717, 1.165) is 53.1 Å². The van der Waals surface area contributed by atoms with E-state index < -0.39 is 0 Å². The molecule has 52 heavy (non-hydrogen) atoms. The van der Waals surface area contributed by atoms with Gasteiger partial charge in [-0.15, -0.1) is 0 Å². The third kappa shape index (κ3) is 44.7. The van der Waals surface area contributed by atoms with E-state index in [1.54, 1.807) is 0 Å². The van der Waals surface area contributed by atoms with Crippen LogP contribution in [0.4, 0.5) is 0 Å². The maximum atomic E-state index is 5.45. The van der Waals surface area contributed by atoms with Gasteiger partial charge in [-0.2, -0.15) is 0 Å². The Morgan fingerprint density at radius 3 is 1.00 bits per heavy atom. The largest absolute Gasteiger partial charge is 1.00 e. The Kier molecular flexibility index (Phi) is 56.6. The average molecular weight is 1260 g/mol. The van der Waals surface area contributed by atoms with Crippen LogP contribution in [0.5, 0.6) is 0 Å². The number of likely N-dealkylation sites (N-methyl/N-ethyl adjacent to an activating group) is 1. The highest BCUT2D eigenvalue weighted by Crippen LogP contribution is 2.18. The number of ether oxygens (including phenoxy) is 2. The summed E-state index contributed by atoms with van der Waals surface area (Å²) < 4.78 is 13.1. The molecule has 6 nitrogen and oxygen atoms in total. The normalized spacial score (nSPS) is 18.3. The summed E-state index contributed by atoms with van der Waals surface area (Å²) in [6.07, 6.45) is 19.5. The number of hydrogen-bond donors (Lipinski definition) is 0. The van der Waals surface area contributed by atoms with E-state index in [1.807, 2.05) is 0 Å². The molecular formula is C38H80Br8N4O2. The van der Waals surface area contributed by atoms with E-state index in [1.165, 1.54) is 170 Å². The van der Waals surface area contributed by atoms with Gasteiger partial charge in [-0.1, -0.05) is 102 Å². The molecule has 320 valence electrons. The lowest BCUT2D eigenvalue weighted by Crippen LogP contribution is -3.00. The Labute approximate surface area is 395 Å². The fourth-order valence-electron chi connectivity index (χ4n) is 6.18. The van der Waals surface area contributed by atoms with Gasteiger partial charge in [0, 0.05) is 57.7 Å². The summed E-state index contributed by atoms with van der Waals surface area (Å²) in [6, 6.07) is 0. The molecule has 0 unspecified atom stereocenters. The van der Waals surface area contributed by atoms with Gasteiger partial charge in [-0.05, 0) is 98.1 Å². The van der Waals surface area contributed by atoms with Crippen molar-refractivity contribution in [2.24, 2.45) is 0 Å². The second-order valence-electron chi connectivity index (χ2n) is 14.5. The van der Waals surface area contributed by atoms with Gasteiger partial charge >= 0.3 is 0 Å². The van der Waals surface area contributed by atoms with Crippen LogP contribution in [0.2, 0.25) is 0 Å². The molecule has 0 amide bonds. The van der Waals surface area contributed by atoms with Crippen molar-refractivity contribution in [1.82, 2.24) is 9.80 Å². The van der Waals surface area contributed by atoms with Crippen LogP contribution >= 0.6 is 95.6 Å². The first-order chi connectivity index (χ1) is 24.2. The number of nitrogens with zero attached hydrogens (tertiary/aromatic N) is 4. The molecule has 0 N–H and O–H groups in total. The first-order valence-corrected chi connectivity index (χ1v) is 26.4. The minimum atomic E-state index is 0. The third-order valence-electron chi connectivity index (χ3n) is 9.49. The molecule has 4 fully saturated rings. The number of hydrogen-bond acceptors (Lipinski definition) is 4. The highest BCUT2D eigenvalue weighted by molar-refractivity contribution is 9.10. The van der Waals surface area contributed by atoms with Crippen LogP contribution < -0.4 is 34.0 Å². The molecule has 4 aliphatic heterocycles. The fraction of sp³-hybridized carbons (Fsp3) is 1.00. The van der Waals surface area contributed by atoms with Gasteiger partial charge in [-0.3, -0.25) is 0 Å². The van der Waals surface area contributed by atoms with Crippen LogP contribution in [0.25, 0.3) is 0 Å². The maximum absolute atomic E-state index is 5.45. The van der Waals surface area contributed by atoms with Crippen molar-refractivity contribution in [3.05, 3.63) is 0 Å². The van der Waals surface area contributed by atoms with Crippen molar-refractivity contribution in [1.29, 1.82) is 0 Å². The van der Waals surface area contributed by atoms with Crippen LogP contribution in [0, 0.1) is 0 Å². The van der Waals surface area contributed by atoms with Gasteiger partial charge in [-0.25, -0.2) is 0 Å². The average Bonchev–Trinajstić information content (AvgIpc) is 3.95. The Morgan fingerprint density at radius 2 is 0.712 bits per heavy atom. The molecule has 0 aromatic carbocycles. The van der Waals surface area contributed by atoms with E-state index in [9.17, 15) is 0 Å². The first kappa shape index (κ1) is 62.3. The summed E-state index contributed by atoms with van der Waals surface area (Å²) in [7, 11) is 9.10. The Bertz CT molecular complexity index is 595. The minimum absolute atomic E-state index is 0. The number of halogens is 8. The lowest BCUT2D eigenvalue weighted by Gasteiger charge is -2.29. The van der Waals surface area contributed by atoms with Gasteiger partial charge in [0.25, 0.3) is 0 Å². The molecule has 4 saturated heterocycles. The summed E-state index contributed by atoms with van der Waals surface area (Å²) in [5, 5.41) is 6.30. The SMILES string of the molecule is BrCCCCCBr.BrCCOCCBr.CN1CCCC1.CN1CCCC1.C[N+]1(CCCCCBr)CCCC1.C[N+]1(CCOCCBr)CCCC1.[Br-].[Br-]. The van der Waals surface area contributed by atoms with Gasteiger partial charge < -0.3 is 62.2 Å². The Balaban J connectivity index is -0.000000271. The van der Waals surface area contributed by atoms with Gasteiger partial charge in [0.2, 0.25) is 0 Å². The van der Waals surface area contributed by atoms with Crippen LogP contribution in [0.15, 0.2) is 0 Å². The number of unbranched alkanes of at least 4 members (excludes halogenated alkanes) is 4. The van der Waals surface area contributed by atoms with Crippen LogP contribution in [0.1, 0.15) is 89.9 Å². The molecule has 0 atom stereocenters. The van der Waals surface area contributed by atoms with Crippen LogP contribution in [-0.2, 0) is 9.47 Å². The molecular weight excluding hydrogens is 1180 g/mol. The first-order valence-electron chi connectivity index (χ1n) is 19.7. The zero-order chi connectivity index (χ0) is 37.6. The molecule has 0 saturated carbocycles. The topological polar surface area (TPSA) is 24.9 Å². The van der Waals surface area contributed by atoms with Crippen LogP contribution in [0.3, 0.4) is 0 Å². The van der Waals surface area contributed by atoms with E-state index in [0.29, 0.717) is 0 Å². The number of alkyl halides is 6. The highest BCUT2D eigenvalue weighted by Gasteiger charge is 2.26. The van der Waals surface area contributed by atoms with Crippen molar-refractivity contribution in [2.45, 2.75) is 89.9 Å². The molecule has 0 aromatic heterocycles. The standard InChI is InChI=1S/C10H21BrN.C9H19BrNO.C5H10Br2.2C5H11N.C4H8Br2O.2BrH/c1-12(9-5-6-10-12)8-4-2-3-7-11;1-11(5-2-3-6-11)7-9-12-8-4-10;6-4-2-1-3-5-7;2*1-6-4-2-3-5-6;5-1-3-7-4-2-6;;/h2-10H2,1H3;2-9H2,1H3;1-5H2;2*2-5H2,1H3;1-4H2;2*1H/q2*+1;;;;;;/p-2. The fourth-order valence-corrected chi connectivity index (χ4v) is 8.05. The molecule has 4 aliphatic rings. The summed E-state index contributed by atoms with van der Waals surface area (Å²) >= 11 is 20.0.